The van der Waals surface area contributed by atoms with Crippen LogP contribution >= 0.6 is 11.3 Å². The van der Waals surface area contributed by atoms with Crippen LogP contribution in [0.4, 0.5) is 0 Å². The van der Waals surface area contributed by atoms with E-state index in [1.54, 1.807) is 11.3 Å². The Morgan fingerprint density at radius 3 is 2.92 bits per heavy atom. The van der Waals surface area contributed by atoms with Crippen molar-refractivity contribution in [2.45, 2.75) is 32.8 Å². The van der Waals surface area contributed by atoms with E-state index in [-0.39, 0.29) is 6.10 Å². The van der Waals surface area contributed by atoms with Crippen molar-refractivity contribution in [1.29, 1.82) is 0 Å². The fourth-order valence-corrected chi connectivity index (χ4v) is 1.78. The highest BCUT2D eigenvalue weighted by atomic mass is 32.1. The van der Waals surface area contributed by atoms with E-state index in [0.717, 1.165) is 18.5 Å². The Balaban J connectivity index is 2.41. The van der Waals surface area contributed by atoms with Crippen molar-refractivity contribution in [1.82, 2.24) is 4.98 Å². The lowest BCUT2D eigenvalue weighted by atomic mass is 9.98. The molecule has 2 nitrogen and oxygen atoms in total. The highest BCUT2D eigenvalue weighted by Crippen LogP contribution is 2.13. The van der Waals surface area contributed by atoms with E-state index in [4.69, 9.17) is 0 Å². The molecule has 0 spiro atoms. The summed E-state index contributed by atoms with van der Waals surface area (Å²) in [5, 5.41) is 11.5. The zero-order valence-corrected chi connectivity index (χ0v) is 8.34. The number of thiazole rings is 1. The van der Waals surface area contributed by atoms with Crippen molar-refractivity contribution in [3.05, 3.63) is 16.6 Å². The minimum atomic E-state index is -0.188. The Kier molecular flexibility index (Phi) is 3.69. The Morgan fingerprint density at radius 2 is 2.42 bits per heavy atom. The fraction of sp³-hybridized carbons (Fsp3) is 0.667. The molecule has 0 aliphatic rings. The zero-order valence-electron chi connectivity index (χ0n) is 7.53. The first-order valence-electron chi connectivity index (χ1n) is 4.29. The summed E-state index contributed by atoms with van der Waals surface area (Å²) < 4.78 is 0. The third-order valence-electron chi connectivity index (χ3n) is 2.09. The van der Waals surface area contributed by atoms with Gasteiger partial charge in [-0.1, -0.05) is 13.8 Å². The van der Waals surface area contributed by atoms with Gasteiger partial charge in [0.05, 0.1) is 17.3 Å². The predicted molar refractivity (Wildman–Crippen MR) is 51.3 cm³/mol. The van der Waals surface area contributed by atoms with Crippen molar-refractivity contribution < 1.29 is 5.11 Å². The monoisotopic (exact) mass is 185 g/mol. The van der Waals surface area contributed by atoms with Gasteiger partial charge in [0.1, 0.15) is 0 Å². The van der Waals surface area contributed by atoms with Gasteiger partial charge >= 0.3 is 0 Å². The molecule has 1 aromatic heterocycles. The van der Waals surface area contributed by atoms with Gasteiger partial charge in [-0.2, -0.15) is 0 Å². The van der Waals surface area contributed by atoms with Gasteiger partial charge in [-0.05, 0) is 18.8 Å². The number of aliphatic hydroxyl groups excluding tert-OH is 1. The molecule has 2 atom stereocenters. The standard InChI is InChI=1S/C9H15NOS/c1-3-9(11)7(2)4-8-5-12-6-10-8/h5-7,9,11H,3-4H2,1-2H3. The second-order valence-electron chi connectivity index (χ2n) is 3.14. The Hall–Kier alpha value is -0.410. The summed E-state index contributed by atoms with van der Waals surface area (Å²) in [4.78, 5) is 4.18. The van der Waals surface area contributed by atoms with Crippen LogP contribution in [0.5, 0.6) is 0 Å². The average Bonchev–Trinajstić information content (AvgIpc) is 2.55. The SMILES string of the molecule is CCC(O)C(C)Cc1cscn1. The molecule has 0 saturated heterocycles. The molecule has 0 amide bonds. The molecule has 0 aliphatic heterocycles. The first kappa shape index (κ1) is 9.68. The molecule has 3 heteroatoms. The topological polar surface area (TPSA) is 33.1 Å². The maximum atomic E-state index is 9.50. The van der Waals surface area contributed by atoms with Crippen LogP contribution in [0, 0.1) is 5.92 Å². The lowest BCUT2D eigenvalue weighted by Crippen LogP contribution is -2.18. The number of hydrogen-bond acceptors (Lipinski definition) is 3. The predicted octanol–water partition coefficient (Wildman–Crippen LogP) is 2.09. The van der Waals surface area contributed by atoms with Crippen LogP contribution in [-0.2, 0) is 6.42 Å². The van der Waals surface area contributed by atoms with E-state index in [1.807, 2.05) is 17.8 Å². The maximum absolute atomic E-state index is 9.50. The summed E-state index contributed by atoms with van der Waals surface area (Å²) in [6.07, 6.45) is 1.52. The molecule has 1 aromatic rings. The summed E-state index contributed by atoms with van der Waals surface area (Å²) >= 11 is 1.61. The second kappa shape index (κ2) is 4.58. The lowest BCUT2D eigenvalue weighted by Gasteiger charge is -2.15. The van der Waals surface area contributed by atoms with E-state index in [1.165, 1.54) is 0 Å². The van der Waals surface area contributed by atoms with Gasteiger partial charge in [-0.15, -0.1) is 11.3 Å². The molecule has 0 aliphatic carbocycles. The van der Waals surface area contributed by atoms with Crippen LogP contribution in [0.25, 0.3) is 0 Å². The van der Waals surface area contributed by atoms with Gasteiger partial charge in [0.15, 0.2) is 0 Å². The molecule has 1 N–H and O–H groups in total. The van der Waals surface area contributed by atoms with E-state index in [0.29, 0.717) is 5.92 Å². The molecule has 0 fully saturated rings. The molecule has 0 aromatic carbocycles. The maximum Gasteiger partial charge on any atom is 0.0794 e. The second-order valence-corrected chi connectivity index (χ2v) is 3.86. The third-order valence-corrected chi connectivity index (χ3v) is 2.72. The van der Waals surface area contributed by atoms with Crippen molar-refractivity contribution in [3.8, 4) is 0 Å². The Morgan fingerprint density at radius 1 is 1.67 bits per heavy atom. The Bertz CT molecular complexity index is 210. The van der Waals surface area contributed by atoms with Crippen LogP contribution < -0.4 is 0 Å². The van der Waals surface area contributed by atoms with Crippen LogP contribution in [0.1, 0.15) is 26.0 Å². The first-order valence-corrected chi connectivity index (χ1v) is 5.23. The molecule has 2 unspecified atom stereocenters. The van der Waals surface area contributed by atoms with Crippen LogP contribution in [0.15, 0.2) is 10.9 Å². The number of hydrogen-bond donors (Lipinski definition) is 1. The van der Waals surface area contributed by atoms with E-state index in [2.05, 4.69) is 11.9 Å². The smallest absolute Gasteiger partial charge is 0.0794 e. The Labute approximate surface area is 77.3 Å². The van der Waals surface area contributed by atoms with Crippen molar-refractivity contribution in [2.24, 2.45) is 5.92 Å². The summed E-state index contributed by atoms with van der Waals surface area (Å²) in [7, 11) is 0. The number of aromatic nitrogens is 1. The highest BCUT2D eigenvalue weighted by Gasteiger charge is 2.12. The van der Waals surface area contributed by atoms with Crippen molar-refractivity contribution in [2.75, 3.05) is 0 Å². The van der Waals surface area contributed by atoms with Crippen molar-refractivity contribution >= 4 is 11.3 Å². The first-order chi connectivity index (χ1) is 5.74. The minimum Gasteiger partial charge on any atom is -0.393 e. The zero-order chi connectivity index (χ0) is 8.97. The van der Waals surface area contributed by atoms with Gasteiger partial charge in [0.25, 0.3) is 0 Å². The number of rotatable bonds is 4. The van der Waals surface area contributed by atoms with Gasteiger partial charge in [0.2, 0.25) is 0 Å². The van der Waals surface area contributed by atoms with Crippen LogP contribution in [0.3, 0.4) is 0 Å². The molecular formula is C9H15NOS. The third kappa shape index (κ3) is 2.57. The van der Waals surface area contributed by atoms with E-state index in [9.17, 15) is 5.11 Å². The largest absolute Gasteiger partial charge is 0.393 e. The summed E-state index contributed by atoms with van der Waals surface area (Å²) in [6.45, 7) is 4.07. The summed E-state index contributed by atoms with van der Waals surface area (Å²) in [5.41, 5.74) is 2.93. The van der Waals surface area contributed by atoms with Gasteiger partial charge in [-0.3, -0.25) is 0 Å². The molecule has 1 rings (SSSR count). The average molecular weight is 185 g/mol. The minimum absolute atomic E-state index is 0.188. The van der Waals surface area contributed by atoms with Gasteiger partial charge in [0, 0.05) is 5.38 Å². The van der Waals surface area contributed by atoms with Crippen LogP contribution in [0.2, 0.25) is 0 Å². The molecule has 0 saturated carbocycles. The normalized spacial score (nSPS) is 15.9. The van der Waals surface area contributed by atoms with Crippen molar-refractivity contribution in [3.63, 3.8) is 0 Å². The van der Waals surface area contributed by atoms with E-state index < -0.39 is 0 Å². The lowest BCUT2D eigenvalue weighted by molar-refractivity contribution is 0.112. The molecule has 1 heterocycles. The fourth-order valence-electron chi connectivity index (χ4n) is 1.21. The number of aliphatic hydroxyl groups is 1. The quantitative estimate of drug-likeness (QED) is 0.779. The summed E-state index contributed by atoms with van der Waals surface area (Å²) in [5.74, 6) is 0.317. The van der Waals surface area contributed by atoms with Gasteiger partial charge in [-0.25, -0.2) is 4.98 Å². The summed E-state index contributed by atoms with van der Waals surface area (Å²) in [6, 6.07) is 0. The van der Waals surface area contributed by atoms with E-state index >= 15 is 0 Å². The molecular weight excluding hydrogens is 170 g/mol. The molecule has 0 radical (unpaired) electrons. The molecule has 68 valence electrons. The van der Waals surface area contributed by atoms with Gasteiger partial charge < -0.3 is 5.11 Å². The molecule has 0 bridgehead atoms. The highest BCUT2D eigenvalue weighted by molar-refractivity contribution is 7.07. The molecule has 12 heavy (non-hydrogen) atoms. The number of nitrogens with zero attached hydrogens (tertiary/aromatic N) is 1. The van der Waals surface area contributed by atoms with Crippen LogP contribution in [-0.4, -0.2) is 16.2 Å².